The summed E-state index contributed by atoms with van der Waals surface area (Å²) in [5, 5.41) is 2.78. The quantitative estimate of drug-likeness (QED) is 0.478. The smallest absolute Gasteiger partial charge is 0.283 e. The van der Waals surface area contributed by atoms with Gasteiger partial charge in [0.05, 0.1) is 4.90 Å². The minimum atomic E-state index is -3.84. The van der Waals surface area contributed by atoms with Crippen LogP contribution >= 0.6 is 23.2 Å². The average molecular weight is 352 g/mol. The Morgan fingerprint density at radius 2 is 2.05 bits per heavy atom. The molecule has 0 saturated heterocycles. The van der Waals surface area contributed by atoms with Gasteiger partial charge in [0.1, 0.15) is 12.2 Å². The lowest BCUT2D eigenvalue weighted by Gasteiger charge is -2.07. The second-order valence-electron chi connectivity index (χ2n) is 4.37. The maximum atomic E-state index is 12.0. The highest BCUT2D eigenvalue weighted by molar-refractivity contribution is 7.90. The SMILES string of the molecule is CN(C)C=NS(=O)(=O)c1cc(Cl)cc(CNC(=O)CCl)c1. The van der Waals surface area contributed by atoms with Gasteiger partial charge in [-0.25, -0.2) is 0 Å². The molecule has 0 saturated carbocycles. The summed E-state index contributed by atoms with van der Waals surface area (Å²) in [7, 11) is -0.526. The maximum Gasteiger partial charge on any atom is 0.283 e. The lowest BCUT2D eigenvalue weighted by atomic mass is 10.2. The Morgan fingerprint density at radius 1 is 1.38 bits per heavy atom. The molecule has 6 nitrogen and oxygen atoms in total. The average Bonchev–Trinajstić information content (AvgIpc) is 2.42. The highest BCUT2D eigenvalue weighted by Crippen LogP contribution is 2.20. The molecule has 1 rings (SSSR count). The minimum absolute atomic E-state index is 0.0387. The van der Waals surface area contributed by atoms with Crippen LogP contribution in [0.5, 0.6) is 0 Å². The number of rotatable bonds is 6. The van der Waals surface area contributed by atoms with E-state index >= 15 is 0 Å². The van der Waals surface area contributed by atoms with Crippen LogP contribution in [0.3, 0.4) is 0 Å². The van der Waals surface area contributed by atoms with Crippen LogP contribution in [-0.2, 0) is 21.4 Å². The monoisotopic (exact) mass is 351 g/mol. The Morgan fingerprint density at radius 3 is 2.62 bits per heavy atom. The molecule has 0 atom stereocenters. The van der Waals surface area contributed by atoms with Gasteiger partial charge in [-0.3, -0.25) is 4.79 Å². The van der Waals surface area contributed by atoms with Gasteiger partial charge in [0.25, 0.3) is 10.0 Å². The van der Waals surface area contributed by atoms with E-state index in [2.05, 4.69) is 9.71 Å². The highest BCUT2D eigenvalue weighted by Gasteiger charge is 2.14. The van der Waals surface area contributed by atoms with Gasteiger partial charge in [-0.2, -0.15) is 8.42 Å². The zero-order valence-electron chi connectivity index (χ0n) is 11.5. The van der Waals surface area contributed by atoms with E-state index < -0.39 is 10.0 Å². The fraction of sp³-hybridized carbons (Fsp3) is 0.333. The number of carbonyl (C=O) groups is 1. The van der Waals surface area contributed by atoms with E-state index in [9.17, 15) is 13.2 Å². The van der Waals surface area contributed by atoms with Crippen LogP contribution in [0.1, 0.15) is 5.56 Å². The molecule has 0 aliphatic heterocycles. The van der Waals surface area contributed by atoms with Crippen molar-refractivity contribution in [3.8, 4) is 0 Å². The van der Waals surface area contributed by atoms with Gasteiger partial charge in [0.15, 0.2) is 0 Å². The summed E-state index contributed by atoms with van der Waals surface area (Å²) in [6.45, 7) is 0.131. The molecule has 0 aliphatic carbocycles. The highest BCUT2D eigenvalue weighted by atomic mass is 35.5. The van der Waals surface area contributed by atoms with Crippen molar-refractivity contribution in [1.29, 1.82) is 0 Å². The molecule has 1 amide bonds. The summed E-state index contributed by atoms with van der Waals surface area (Å²) in [6.07, 6.45) is 1.19. The largest absolute Gasteiger partial charge is 0.368 e. The number of halogens is 2. The molecule has 0 aromatic heterocycles. The van der Waals surface area contributed by atoms with E-state index in [-0.39, 0.29) is 28.3 Å². The number of amides is 1. The van der Waals surface area contributed by atoms with Gasteiger partial charge in [-0.1, -0.05) is 11.6 Å². The number of hydrogen-bond acceptors (Lipinski definition) is 3. The maximum absolute atomic E-state index is 12.0. The van der Waals surface area contributed by atoms with Crippen LogP contribution in [0, 0.1) is 0 Å². The molecule has 0 bridgehead atoms. The van der Waals surface area contributed by atoms with Gasteiger partial charge < -0.3 is 10.2 Å². The fourth-order valence-electron chi connectivity index (χ4n) is 1.34. The predicted octanol–water partition coefficient (Wildman–Crippen LogP) is 1.47. The molecule has 9 heteroatoms. The molecule has 1 aromatic rings. The zero-order valence-corrected chi connectivity index (χ0v) is 13.8. The van der Waals surface area contributed by atoms with Crippen molar-refractivity contribution < 1.29 is 13.2 Å². The molecule has 0 unspecified atom stereocenters. The molecule has 21 heavy (non-hydrogen) atoms. The third kappa shape index (κ3) is 5.91. The van der Waals surface area contributed by atoms with E-state index in [0.717, 1.165) is 0 Å². The summed E-state index contributed by atoms with van der Waals surface area (Å²) in [4.78, 5) is 12.6. The summed E-state index contributed by atoms with van der Waals surface area (Å²) in [5.74, 6) is -0.523. The zero-order chi connectivity index (χ0) is 16.0. The number of nitrogens with zero attached hydrogens (tertiary/aromatic N) is 2. The first-order valence-electron chi connectivity index (χ1n) is 5.83. The lowest BCUT2D eigenvalue weighted by Crippen LogP contribution is -2.23. The van der Waals surface area contributed by atoms with Gasteiger partial charge in [0, 0.05) is 25.7 Å². The molecule has 0 aliphatic rings. The van der Waals surface area contributed by atoms with Crippen molar-refractivity contribution in [2.75, 3.05) is 20.0 Å². The molecule has 0 radical (unpaired) electrons. The molecule has 0 fully saturated rings. The van der Waals surface area contributed by atoms with E-state index in [4.69, 9.17) is 23.2 Å². The van der Waals surface area contributed by atoms with Gasteiger partial charge >= 0.3 is 0 Å². The Bertz CT molecular complexity index is 645. The number of alkyl halides is 1. The summed E-state index contributed by atoms with van der Waals surface area (Å²) in [6, 6.07) is 4.27. The Hall–Kier alpha value is -1.31. The first-order valence-corrected chi connectivity index (χ1v) is 8.19. The Kier molecular flexibility index (Phi) is 6.44. The van der Waals surface area contributed by atoms with Crippen LogP contribution in [0.15, 0.2) is 27.5 Å². The van der Waals surface area contributed by atoms with Crippen LogP contribution in [0.4, 0.5) is 0 Å². The van der Waals surface area contributed by atoms with Crippen molar-refractivity contribution in [3.05, 3.63) is 28.8 Å². The molecular weight excluding hydrogens is 337 g/mol. The molecule has 0 heterocycles. The minimum Gasteiger partial charge on any atom is -0.368 e. The number of carbonyl (C=O) groups excluding carboxylic acids is 1. The number of sulfonamides is 1. The van der Waals surface area contributed by atoms with Crippen LogP contribution < -0.4 is 5.32 Å². The lowest BCUT2D eigenvalue weighted by molar-refractivity contribution is -0.118. The van der Waals surface area contributed by atoms with Crippen LogP contribution in [0.2, 0.25) is 5.02 Å². The molecular formula is C12H15Cl2N3O3S. The number of hydrogen-bond donors (Lipinski definition) is 1. The van der Waals surface area contributed by atoms with Gasteiger partial charge in [-0.15, -0.1) is 16.0 Å². The van der Waals surface area contributed by atoms with Gasteiger partial charge in [0.2, 0.25) is 5.91 Å². The number of benzene rings is 1. The topological polar surface area (TPSA) is 78.8 Å². The summed E-state index contributed by atoms with van der Waals surface area (Å²) >= 11 is 11.3. The summed E-state index contributed by atoms with van der Waals surface area (Å²) < 4.78 is 27.6. The molecule has 1 aromatic carbocycles. The van der Waals surface area contributed by atoms with Crippen molar-refractivity contribution in [2.45, 2.75) is 11.4 Å². The van der Waals surface area contributed by atoms with E-state index in [1.54, 1.807) is 20.2 Å². The molecule has 0 spiro atoms. The Labute approximate surface area is 133 Å². The van der Waals surface area contributed by atoms with Crippen molar-refractivity contribution in [1.82, 2.24) is 10.2 Å². The van der Waals surface area contributed by atoms with Crippen molar-refractivity contribution in [3.63, 3.8) is 0 Å². The van der Waals surface area contributed by atoms with E-state index in [0.29, 0.717) is 5.56 Å². The van der Waals surface area contributed by atoms with Crippen molar-refractivity contribution in [2.24, 2.45) is 4.40 Å². The van der Waals surface area contributed by atoms with Crippen LogP contribution in [-0.4, -0.2) is 45.5 Å². The van der Waals surface area contributed by atoms with Crippen LogP contribution in [0.25, 0.3) is 0 Å². The summed E-state index contributed by atoms with van der Waals surface area (Å²) in [5.41, 5.74) is 0.541. The first-order chi connectivity index (χ1) is 9.74. The number of nitrogens with one attached hydrogen (secondary N) is 1. The van der Waals surface area contributed by atoms with E-state index in [1.165, 1.54) is 23.4 Å². The first kappa shape index (κ1) is 17.7. The fourth-order valence-corrected chi connectivity index (χ4v) is 2.76. The molecule has 116 valence electrons. The standard InChI is InChI=1S/C12H15Cl2N3O3S/c1-17(2)8-16-21(19,20)11-4-9(3-10(14)5-11)7-15-12(18)6-13/h3-5,8H,6-7H2,1-2H3,(H,15,18). The third-order valence-electron chi connectivity index (χ3n) is 2.26. The van der Waals surface area contributed by atoms with Gasteiger partial charge in [-0.05, 0) is 23.8 Å². The van der Waals surface area contributed by atoms with E-state index in [1.807, 2.05) is 0 Å². The van der Waals surface area contributed by atoms with Crippen molar-refractivity contribution >= 4 is 45.5 Å². The third-order valence-corrected chi connectivity index (χ3v) is 3.92. The predicted molar refractivity (Wildman–Crippen MR) is 83.4 cm³/mol. The molecule has 1 N–H and O–H groups in total. The Balaban J connectivity index is 3.04. The second kappa shape index (κ2) is 7.63. The second-order valence-corrected chi connectivity index (χ2v) is 6.70. The normalized spacial score (nSPS) is 11.6.